The molecule has 2 aromatic carbocycles. The van der Waals surface area contributed by atoms with E-state index in [1.807, 2.05) is 65.6 Å². The number of rotatable bonds is 8. The lowest BCUT2D eigenvalue weighted by atomic mass is 9.60. The van der Waals surface area contributed by atoms with Gasteiger partial charge in [0.2, 0.25) is 5.91 Å². The minimum atomic E-state index is -0.610. The number of anilines is 1. The normalized spacial score (nSPS) is 18.9. The molecule has 0 bridgehead atoms. The molecule has 2 aliphatic heterocycles. The van der Waals surface area contributed by atoms with Crippen molar-refractivity contribution in [1.82, 2.24) is 19.6 Å². The fraction of sp³-hybridized carbons (Fsp3) is 0.367. The van der Waals surface area contributed by atoms with Crippen LogP contribution >= 0.6 is 0 Å². The van der Waals surface area contributed by atoms with Gasteiger partial charge in [0.05, 0.1) is 19.3 Å². The van der Waals surface area contributed by atoms with Crippen LogP contribution in [0.15, 0.2) is 66.7 Å². The highest BCUT2D eigenvalue weighted by atomic mass is 16.5. The van der Waals surface area contributed by atoms with Crippen molar-refractivity contribution in [2.75, 3.05) is 51.7 Å². The highest BCUT2D eigenvalue weighted by molar-refractivity contribution is 6.03. The van der Waals surface area contributed by atoms with Crippen molar-refractivity contribution in [3.8, 4) is 22.8 Å². The number of nitrogens with zero attached hydrogens (tertiary/aromatic N) is 4. The number of nitrogens with two attached hydrogens (primary N) is 2. The van der Waals surface area contributed by atoms with Crippen molar-refractivity contribution in [3.05, 3.63) is 72.3 Å². The smallest absolute Gasteiger partial charge is 0.254 e. The van der Waals surface area contributed by atoms with Crippen LogP contribution in [0.1, 0.15) is 29.2 Å². The third-order valence-electron chi connectivity index (χ3n) is 8.08. The van der Waals surface area contributed by atoms with Crippen molar-refractivity contribution < 1.29 is 19.1 Å². The van der Waals surface area contributed by atoms with Gasteiger partial charge < -0.3 is 25.8 Å². The summed E-state index contributed by atoms with van der Waals surface area (Å²) in [5.41, 5.74) is 13.7. The molecule has 3 aromatic rings. The summed E-state index contributed by atoms with van der Waals surface area (Å²) in [4.78, 5) is 29.1. The number of primary amides is 1. The molecule has 0 radical (unpaired) electrons. The average Bonchev–Trinajstić information content (AvgIpc) is 3.25. The first-order chi connectivity index (χ1) is 19.4. The van der Waals surface area contributed by atoms with Crippen LogP contribution in [0.4, 0.5) is 5.82 Å². The molecule has 208 valence electrons. The van der Waals surface area contributed by atoms with Gasteiger partial charge in [-0.1, -0.05) is 24.3 Å². The molecule has 2 amide bonds. The van der Waals surface area contributed by atoms with Crippen LogP contribution in [0.25, 0.3) is 11.3 Å². The Morgan fingerprint density at radius 1 is 1.02 bits per heavy atom. The van der Waals surface area contributed by atoms with E-state index in [1.165, 1.54) is 0 Å². The molecule has 3 fully saturated rings. The number of hydrogen-bond acceptors (Lipinski definition) is 7. The van der Waals surface area contributed by atoms with Crippen molar-refractivity contribution in [3.63, 3.8) is 0 Å². The van der Waals surface area contributed by atoms with Gasteiger partial charge in [-0.3, -0.25) is 14.5 Å². The van der Waals surface area contributed by atoms with E-state index in [4.69, 9.17) is 26.0 Å². The number of hydrogen-bond donors (Lipinski definition) is 2. The van der Waals surface area contributed by atoms with Crippen LogP contribution in [0.5, 0.6) is 11.5 Å². The van der Waals surface area contributed by atoms with Gasteiger partial charge in [0.15, 0.2) is 0 Å². The number of ether oxygens (including phenoxy) is 2. The maximum Gasteiger partial charge on any atom is 0.254 e. The van der Waals surface area contributed by atoms with Crippen molar-refractivity contribution in [2.45, 2.75) is 18.9 Å². The fourth-order valence-corrected chi connectivity index (χ4v) is 5.96. The summed E-state index contributed by atoms with van der Waals surface area (Å²) in [6, 6.07) is 16.9. The van der Waals surface area contributed by atoms with E-state index in [1.54, 1.807) is 10.8 Å². The van der Waals surface area contributed by atoms with Gasteiger partial charge in [0, 0.05) is 49.8 Å². The van der Waals surface area contributed by atoms with Gasteiger partial charge in [-0.05, 0) is 49.2 Å². The lowest BCUT2D eigenvalue weighted by Gasteiger charge is -2.58. The van der Waals surface area contributed by atoms with E-state index in [9.17, 15) is 9.59 Å². The van der Waals surface area contributed by atoms with Gasteiger partial charge in [-0.15, -0.1) is 0 Å². The minimum absolute atomic E-state index is 0.0546. The van der Waals surface area contributed by atoms with Gasteiger partial charge >= 0.3 is 0 Å². The monoisotopic (exact) mass is 542 g/mol. The van der Waals surface area contributed by atoms with Gasteiger partial charge in [-0.2, -0.15) is 5.10 Å². The van der Waals surface area contributed by atoms with E-state index < -0.39 is 5.91 Å². The molecule has 1 aromatic heterocycles. The highest BCUT2D eigenvalue weighted by Crippen LogP contribution is 2.55. The number of likely N-dealkylation sites (tertiary alicyclic amines) is 1. The van der Waals surface area contributed by atoms with Gasteiger partial charge in [-0.25, -0.2) is 4.68 Å². The quantitative estimate of drug-likeness (QED) is 0.419. The number of morpholine rings is 1. The Morgan fingerprint density at radius 3 is 2.38 bits per heavy atom. The van der Waals surface area contributed by atoms with Crippen LogP contribution in [-0.4, -0.2) is 77.3 Å². The summed E-state index contributed by atoms with van der Waals surface area (Å²) >= 11 is 0. The van der Waals surface area contributed by atoms with Crippen LogP contribution < -0.4 is 16.2 Å². The third-order valence-corrected chi connectivity index (χ3v) is 8.08. The summed E-state index contributed by atoms with van der Waals surface area (Å²) in [7, 11) is 0. The molecule has 6 rings (SSSR count). The summed E-state index contributed by atoms with van der Waals surface area (Å²) in [6.07, 6.45) is 5.33. The zero-order valence-electron chi connectivity index (χ0n) is 22.4. The second-order valence-corrected chi connectivity index (χ2v) is 10.9. The van der Waals surface area contributed by atoms with Crippen molar-refractivity contribution in [1.29, 1.82) is 0 Å². The molecular formula is C30H34N6O4. The Hall–Kier alpha value is -4.15. The Labute approximate surface area is 233 Å². The van der Waals surface area contributed by atoms with Crippen molar-refractivity contribution in [2.24, 2.45) is 11.1 Å². The van der Waals surface area contributed by atoms with Gasteiger partial charge in [0.1, 0.15) is 28.6 Å². The number of aromatic nitrogens is 2. The molecule has 4 N–H and O–H groups in total. The molecule has 10 heteroatoms. The molecule has 1 spiro atoms. The molecule has 3 heterocycles. The molecule has 1 saturated carbocycles. The second kappa shape index (κ2) is 10.8. The molecule has 0 unspecified atom stereocenters. The topological polar surface area (TPSA) is 129 Å². The first-order valence-corrected chi connectivity index (χ1v) is 13.7. The SMILES string of the molecule is NC(=O)c1c(-c2ccc(Oc3ccccc3)cc2)nn(C2CC3(C2)CN(C(=O)C=CCN2CCOCC2)C3)c1N. The van der Waals surface area contributed by atoms with Crippen LogP contribution in [0.2, 0.25) is 0 Å². The van der Waals surface area contributed by atoms with E-state index in [2.05, 4.69) is 4.90 Å². The zero-order chi connectivity index (χ0) is 27.7. The Kier molecular flexibility index (Phi) is 7.03. The second-order valence-electron chi connectivity index (χ2n) is 10.9. The summed E-state index contributed by atoms with van der Waals surface area (Å²) in [6.45, 7) is 5.51. The number of para-hydroxylation sites is 1. The van der Waals surface area contributed by atoms with E-state index >= 15 is 0 Å². The first-order valence-electron chi connectivity index (χ1n) is 13.7. The maximum absolute atomic E-state index is 12.6. The lowest BCUT2D eigenvalue weighted by molar-refractivity contribution is -0.149. The van der Waals surface area contributed by atoms with Crippen LogP contribution in [0, 0.1) is 5.41 Å². The first kappa shape index (κ1) is 26.1. The van der Waals surface area contributed by atoms with E-state index in [0.717, 1.165) is 70.1 Å². The Balaban J connectivity index is 1.08. The molecule has 0 atom stereocenters. The number of amides is 2. The molecule has 1 aliphatic carbocycles. The molecule has 10 nitrogen and oxygen atoms in total. The zero-order valence-corrected chi connectivity index (χ0v) is 22.4. The summed E-state index contributed by atoms with van der Waals surface area (Å²) < 4.78 is 13.0. The van der Waals surface area contributed by atoms with Gasteiger partial charge in [0.25, 0.3) is 5.91 Å². The molecule has 3 aliphatic rings. The maximum atomic E-state index is 12.6. The van der Waals surface area contributed by atoms with Crippen molar-refractivity contribution >= 4 is 17.6 Å². The number of carbonyl (C=O) groups is 2. The average molecular weight is 543 g/mol. The molecule has 40 heavy (non-hydrogen) atoms. The fourth-order valence-electron chi connectivity index (χ4n) is 5.96. The third kappa shape index (κ3) is 5.20. The number of carbonyl (C=O) groups excluding carboxylic acids is 2. The summed E-state index contributed by atoms with van der Waals surface area (Å²) in [5.74, 6) is 1.13. The molecule has 2 saturated heterocycles. The standard InChI is InChI=1S/C30H34N6O4/c31-28-26(29(32)38)27(21-8-10-24(11-9-21)40-23-5-2-1-3-6-23)33-36(28)22-17-30(18-22)19-35(20-30)25(37)7-4-12-34-13-15-39-16-14-34/h1-11,22H,12-20,31H2,(H2,32,38). The van der Waals surface area contributed by atoms with Crippen LogP contribution in [0.3, 0.4) is 0 Å². The predicted octanol–water partition coefficient (Wildman–Crippen LogP) is 3.08. The van der Waals surface area contributed by atoms with E-state index in [-0.39, 0.29) is 28.7 Å². The number of benzene rings is 2. The Morgan fingerprint density at radius 2 is 1.70 bits per heavy atom. The largest absolute Gasteiger partial charge is 0.457 e. The number of nitrogen functional groups attached to an aromatic ring is 1. The van der Waals surface area contributed by atoms with E-state index in [0.29, 0.717) is 11.4 Å². The van der Waals surface area contributed by atoms with Crippen LogP contribution in [-0.2, 0) is 9.53 Å². The Bertz CT molecular complexity index is 1400. The molecular weight excluding hydrogens is 508 g/mol. The lowest BCUT2D eigenvalue weighted by Crippen LogP contribution is -2.63. The highest BCUT2D eigenvalue weighted by Gasteiger charge is 2.54. The minimum Gasteiger partial charge on any atom is -0.457 e. The summed E-state index contributed by atoms with van der Waals surface area (Å²) in [5, 5.41) is 4.74. The predicted molar refractivity (Wildman–Crippen MR) is 151 cm³/mol.